The highest BCUT2D eigenvalue weighted by molar-refractivity contribution is 5.85. The number of anilines is 1. The predicted octanol–water partition coefficient (Wildman–Crippen LogP) is 0.383. The van der Waals surface area contributed by atoms with Gasteiger partial charge in [0.15, 0.2) is 0 Å². The van der Waals surface area contributed by atoms with Gasteiger partial charge in [-0.05, 0) is 19.2 Å². The van der Waals surface area contributed by atoms with Gasteiger partial charge < -0.3 is 15.5 Å². The molecule has 0 atom stereocenters. The summed E-state index contributed by atoms with van der Waals surface area (Å²) in [7, 11) is 1.88. The highest BCUT2D eigenvalue weighted by Gasteiger charge is 2.19. The van der Waals surface area contributed by atoms with Crippen LogP contribution >= 0.6 is 24.8 Å². The Kier molecular flexibility index (Phi) is 10.9. The number of carbonyl (C=O) groups is 1. The summed E-state index contributed by atoms with van der Waals surface area (Å²) in [5.74, 6) is 1.12. The Balaban J connectivity index is 0.00000220. The fourth-order valence-corrected chi connectivity index (χ4v) is 2.26. The maximum atomic E-state index is 11.7. The molecule has 1 aromatic rings. The van der Waals surface area contributed by atoms with E-state index in [0.29, 0.717) is 13.1 Å². The van der Waals surface area contributed by atoms with Crippen molar-refractivity contribution in [2.45, 2.75) is 0 Å². The number of rotatable bonds is 6. The highest BCUT2D eigenvalue weighted by atomic mass is 35.5. The highest BCUT2D eigenvalue weighted by Crippen LogP contribution is 2.11. The van der Waals surface area contributed by atoms with Crippen molar-refractivity contribution in [2.24, 2.45) is 0 Å². The van der Waals surface area contributed by atoms with E-state index in [1.54, 1.807) is 0 Å². The van der Waals surface area contributed by atoms with E-state index in [2.05, 4.69) is 25.4 Å². The smallest absolute Gasteiger partial charge is 0.234 e. The number of likely N-dealkylation sites (N-methyl/N-ethyl adjacent to an activating group) is 1. The van der Waals surface area contributed by atoms with Gasteiger partial charge in [-0.25, -0.2) is 4.98 Å². The van der Waals surface area contributed by atoms with Gasteiger partial charge in [-0.2, -0.15) is 0 Å². The number of amides is 1. The Bertz CT molecular complexity index is 413. The number of aromatic nitrogens is 1. The molecular weight excluding hydrogens is 325 g/mol. The molecule has 1 amide bonds. The summed E-state index contributed by atoms with van der Waals surface area (Å²) < 4.78 is 0. The average Bonchev–Trinajstić information content (AvgIpc) is 2.49. The Hall–Kier alpha value is -1.08. The second kappa shape index (κ2) is 11.5. The Morgan fingerprint density at radius 1 is 1.18 bits per heavy atom. The van der Waals surface area contributed by atoms with Crippen molar-refractivity contribution in [2.75, 3.05) is 57.8 Å². The van der Waals surface area contributed by atoms with E-state index < -0.39 is 0 Å². The average molecular weight is 350 g/mol. The molecule has 1 aliphatic heterocycles. The zero-order chi connectivity index (χ0) is 14.2. The lowest BCUT2D eigenvalue weighted by Gasteiger charge is -2.34. The van der Waals surface area contributed by atoms with Crippen LogP contribution in [0.3, 0.4) is 0 Å². The number of hydrogen-bond acceptors (Lipinski definition) is 5. The van der Waals surface area contributed by atoms with Crippen LogP contribution in [0.25, 0.3) is 0 Å². The molecule has 1 aromatic heterocycles. The minimum atomic E-state index is 0. The van der Waals surface area contributed by atoms with Gasteiger partial charge in [0.05, 0.1) is 6.54 Å². The van der Waals surface area contributed by atoms with Gasteiger partial charge in [-0.15, -0.1) is 24.8 Å². The summed E-state index contributed by atoms with van der Waals surface area (Å²) in [6.45, 7) is 5.61. The lowest BCUT2D eigenvalue weighted by atomic mass is 10.3. The first-order valence-corrected chi connectivity index (χ1v) is 7.09. The van der Waals surface area contributed by atoms with Crippen molar-refractivity contribution in [1.82, 2.24) is 20.5 Å². The van der Waals surface area contributed by atoms with Crippen molar-refractivity contribution in [3.63, 3.8) is 0 Å². The Labute approximate surface area is 144 Å². The van der Waals surface area contributed by atoms with E-state index in [-0.39, 0.29) is 30.7 Å². The second-order valence-electron chi connectivity index (χ2n) is 4.90. The number of halogens is 2. The first-order valence-electron chi connectivity index (χ1n) is 7.09. The Morgan fingerprint density at radius 2 is 1.91 bits per heavy atom. The minimum absolute atomic E-state index is 0. The molecule has 0 saturated carbocycles. The number of nitrogens with zero attached hydrogens (tertiary/aromatic N) is 3. The Morgan fingerprint density at radius 3 is 2.50 bits per heavy atom. The van der Waals surface area contributed by atoms with E-state index in [1.165, 1.54) is 0 Å². The predicted molar refractivity (Wildman–Crippen MR) is 94.3 cm³/mol. The monoisotopic (exact) mass is 349 g/mol. The van der Waals surface area contributed by atoms with Crippen molar-refractivity contribution >= 4 is 36.5 Å². The van der Waals surface area contributed by atoms with Gasteiger partial charge in [-0.3, -0.25) is 9.69 Å². The van der Waals surface area contributed by atoms with Gasteiger partial charge in [0.2, 0.25) is 5.91 Å². The summed E-state index contributed by atoms with van der Waals surface area (Å²) in [6.07, 6.45) is 1.82. The fourth-order valence-electron chi connectivity index (χ4n) is 2.26. The van der Waals surface area contributed by atoms with Gasteiger partial charge in [-0.1, -0.05) is 6.07 Å². The van der Waals surface area contributed by atoms with Crippen LogP contribution in [0.4, 0.5) is 5.82 Å². The number of piperazine rings is 1. The second-order valence-corrected chi connectivity index (χ2v) is 4.90. The number of nitrogens with one attached hydrogen (secondary N) is 2. The van der Waals surface area contributed by atoms with Crippen LogP contribution in [-0.4, -0.2) is 68.7 Å². The van der Waals surface area contributed by atoms with Crippen LogP contribution in [0.1, 0.15) is 0 Å². The first-order chi connectivity index (χ1) is 9.79. The molecule has 22 heavy (non-hydrogen) atoms. The molecule has 2 heterocycles. The molecule has 0 aromatic carbocycles. The van der Waals surface area contributed by atoms with Crippen LogP contribution in [0.5, 0.6) is 0 Å². The summed E-state index contributed by atoms with van der Waals surface area (Å²) in [6, 6.07) is 5.96. The summed E-state index contributed by atoms with van der Waals surface area (Å²) >= 11 is 0. The van der Waals surface area contributed by atoms with Crippen molar-refractivity contribution in [1.29, 1.82) is 0 Å². The molecule has 0 bridgehead atoms. The van der Waals surface area contributed by atoms with Crippen molar-refractivity contribution < 1.29 is 4.79 Å². The molecule has 0 aliphatic carbocycles. The van der Waals surface area contributed by atoms with Crippen molar-refractivity contribution in [3.05, 3.63) is 24.4 Å². The van der Waals surface area contributed by atoms with Gasteiger partial charge in [0.1, 0.15) is 5.82 Å². The van der Waals surface area contributed by atoms with Crippen LogP contribution in [0.2, 0.25) is 0 Å². The van der Waals surface area contributed by atoms with Crippen molar-refractivity contribution in [3.8, 4) is 0 Å². The number of hydrogen-bond donors (Lipinski definition) is 2. The molecule has 2 rings (SSSR count). The van der Waals surface area contributed by atoms with Crippen LogP contribution in [0.15, 0.2) is 24.4 Å². The van der Waals surface area contributed by atoms with Gasteiger partial charge in [0, 0.05) is 45.5 Å². The molecule has 1 aliphatic rings. The molecule has 8 heteroatoms. The van der Waals surface area contributed by atoms with E-state index in [4.69, 9.17) is 0 Å². The third-order valence-electron chi connectivity index (χ3n) is 3.41. The normalized spacial score (nSPS) is 14.7. The summed E-state index contributed by atoms with van der Waals surface area (Å²) in [5, 5.41) is 5.91. The lowest BCUT2D eigenvalue weighted by Crippen LogP contribution is -2.50. The van der Waals surface area contributed by atoms with E-state index in [9.17, 15) is 4.79 Å². The lowest BCUT2D eigenvalue weighted by molar-refractivity contribution is -0.122. The molecule has 0 radical (unpaired) electrons. The van der Waals surface area contributed by atoms with E-state index in [0.717, 1.165) is 38.5 Å². The quantitative estimate of drug-likeness (QED) is 0.727. The summed E-state index contributed by atoms with van der Waals surface area (Å²) in [5.41, 5.74) is 0. The maximum absolute atomic E-state index is 11.7. The van der Waals surface area contributed by atoms with Gasteiger partial charge in [0.25, 0.3) is 0 Å². The SMILES string of the molecule is CNCCNC(=O)CN1CCN(c2ccccn2)CC1.Cl.Cl. The largest absolute Gasteiger partial charge is 0.354 e. The molecule has 2 N–H and O–H groups in total. The molecule has 0 spiro atoms. The molecule has 1 saturated heterocycles. The molecular formula is C14H25Cl2N5O. The summed E-state index contributed by atoms with van der Waals surface area (Å²) in [4.78, 5) is 20.5. The number of carbonyl (C=O) groups excluding carboxylic acids is 1. The molecule has 6 nitrogen and oxygen atoms in total. The van der Waals surface area contributed by atoms with Crippen LogP contribution in [-0.2, 0) is 4.79 Å². The topological polar surface area (TPSA) is 60.5 Å². The fraction of sp³-hybridized carbons (Fsp3) is 0.571. The minimum Gasteiger partial charge on any atom is -0.354 e. The third kappa shape index (κ3) is 6.79. The maximum Gasteiger partial charge on any atom is 0.234 e. The van der Waals surface area contributed by atoms with E-state index in [1.807, 2.05) is 31.4 Å². The zero-order valence-electron chi connectivity index (χ0n) is 12.8. The standard InChI is InChI=1S/C14H23N5O.2ClH/c1-15-6-7-17-14(20)12-18-8-10-19(11-9-18)13-4-2-3-5-16-13;;/h2-5,15H,6-12H2,1H3,(H,17,20);2*1H. The van der Waals surface area contributed by atoms with Crippen LogP contribution < -0.4 is 15.5 Å². The first kappa shape index (κ1) is 20.9. The zero-order valence-corrected chi connectivity index (χ0v) is 14.5. The molecule has 126 valence electrons. The molecule has 0 unspecified atom stereocenters. The molecule has 1 fully saturated rings. The number of pyridine rings is 1. The van der Waals surface area contributed by atoms with E-state index >= 15 is 0 Å². The van der Waals surface area contributed by atoms with Crippen LogP contribution in [0, 0.1) is 0 Å². The van der Waals surface area contributed by atoms with Gasteiger partial charge >= 0.3 is 0 Å². The third-order valence-corrected chi connectivity index (χ3v) is 3.41.